The van der Waals surface area contributed by atoms with Crippen LogP contribution < -0.4 is 0 Å². The Labute approximate surface area is 131 Å². The van der Waals surface area contributed by atoms with E-state index in [9.17, 15) is 12.8 Å². The van der Waals surface area contributed by atoms with Gasteiger partial charge in [0, 0.05) is 32.8 Å². The van der Waals surface area contributed by atoms with Gasteiger partial charge in [0.15, 0.2) is 0 Å². The van der Waals surface area contributed by atoms with E-state index in [1.807, 2.05) is 0 Å². The number of hydrogen-bond acceptors (Lipinski definition) is 4. The minimum Gasteiger partial charge on any atom is -0.396 e. The third-order valence-corrected chi connectivity index (χ3v) is 5.85. The Kier molecular flexibility index (Phi) is 6.31. The van der Waals surface area contributed by atoms with Crippen molar-refractivity contribution in [3.63, 3.8) is 0 Å². The molecule has 1 saturated heterocycles. The maximum Gasteiger partial charge on any atom is 0.246 e. The van der Waals surface area contributed by atoms with Crippen LogP contribution in [0.1, 0.15) is 19.3 Å². The Balaban J connectivity index is 1.90. The van der Waals surface area contributed by atoms with E-state index < -0.39 is 15.8 Å². The first kappa shape index (κ1) is 17.3. The van der Waals surface area contributed by atoms with Crippen LogP contribution in [0.5, 0.6) is 0 Å². The van der Waals surface area contributed by atoms with Crippen molar-refractivity contribution >= 4 is 10.0 Å². The SMILES string of the molecule is O=S(=O)(c1ccccc1F)N1CCN(CCCCCO)CC1. The van der Waals surface area contributed by atoms with E-state index in [1.165, 1.54) is 28.6 Å². The summed E-state index contributed by atoms with van der Waals surface area (Å²) in [6.45, 7) is 3.22. The summed E-state index contributed by atoms with van der Waals surface area (Å²) < 4.78 is 40.0. The average molecular weight is 330 g/mol. The first-order valence-corrected chi connectivity index (χ1v) is 9.07. The van der Waals surface area contributed by atoms with Gasteiger partial charge in [-0.1, -0.05) is 12.1 Å². The number of aliphatic hydroxyl groups is 1. The molecule has 1 fully saturated rings. The summed E-state index contributed by atoms with van der Waals surface area (Å²) in [4.78, 5) is 1.97. The molecule has 0 unspecified atom stereocenters. The van der Waals surface area contributed by atoms with Crippen molar-refractivity contribution in [3.05, 3.63) is 30.1 Å². The second kappa shape index (κ2) is 8.01. The Bertz CT molecular complexity index is 572. The van der Waals surface area contributed by atoms with Crippen LogP contribution >= 0.6 is 0 Å². The predicted molar refractivity (Wildman–Crippen MR) is 82.5 cm³/mol. The van der Waals surface area contributed by atoms with Crippen LogP contribution in [0, 0.1) is 5.82 Å². The molecule has 22 heavy (non-hydrogen) atoms. The molecule has 0 radical (unpaired) electrons. The van der Waals surface area contributed by atoms with Gasteiger partial charge in [-0.25, -0.2) is 12.8 Å². The van der Waals surface area contributed by atoms with Crippen molar-refractivity contribution in [1.82, 2.24) is 9.21 Å². The lowest BCUT2D eigenvalue weighted by atomic mass is 10.2. The number of unbranched alkanes of at least 4 members (excludes halogenated alkanes) is 2. The molecule has 1 N–H and O–H groups in total. The maximum absolute atomic E-state index is 13.7. The molecule has 1 aliphatic rings. The lowest BCUT2D eigenvalue weighted by Crippen LogP contribution is -2.48. The normalized spacial score (nSPS) is 17.7. The number of benzene rings is 1. The second-order valence-electron chi connectivity index (χ2n) is 5.46. The summed E-state index contributed by atoms with van der Waals surface area (Å²) in [6, 6.07) is 5.50. The molecule has 0 aliphatic carbocycles. The molecule has 5 nitrogen and oxygen atoms in total. The third kappa shape index (κ3) is 4.25. The van der Waals surface area contributed by atoms with Crippen molar-refractivity contribution in [2.45, 2.75) is 24.2 Å². The molecule has 0 amide bonds. The molecule has 2 rings (SSSR count). The zero-order chi connectivity index (χ0) is 16.0. The molecule has 1 aliphatic heterocycles. The average Bonchev–Trinajstić information content (AvgIpc) is 2.52. The number of hydrogen-bond donors (Lipinski definition) is 1. The molecule has 0 bridgehead atoms. The fourth-order valence-electron chi connectivity index (χ4n) is 2.61. The minimum absolute atomic E-state index is 0.217. The number of nitrogens with zero attached hydrogens (tertiary/aromatic N) is 2. The number of sulfonamides is 1. The van der Waals surface area contributed by atoms with Gasteiger partial charge < -0.3 is 10.0 Å². The summed E-state index contributed by atoms with van der Waals surface area (Å²) in [5, 5.41) is 8.74. The van der Waals surface area contributed by atoms with Gasteiger partial charge in [-0.05, 0) is 37.9 Å². The Hall–Kier alpha value is -1.02. The highest BCUT2D eigenvalue weighted by Crippen LogP contribution is 2.20. The van der Waals surface area contributed by atoms with E-state index in [0.29, 0.717) is 26.2 Å². The van der Waals surface area contributed by atoms with Crippen LogP contribution in [0.4, 0.5) is 4.39 Å². The van der Waals surface area contributed by atoms with Gasteiger partial charge in [-0.3, -0.25) is 0 Å². The Morgan fingerprint density at radius 1 is 1.05 bits per heavy atom. The quantitative estimate of drug-likeness (QED) is 0.766. The molecular formula is C15H23FN2O3S. The van der Waals surface area contributed by atoms with E-state index in [-0.39, 0.29) is 11.5 Å². The molecule has 124 valence electrons. The molecule has 0 atom stereocenters. The van der Waals surface area contributed by atoms with Crippen LogP contribution in [0.15, 0.2) is 29.2 Å². The Morgan fingerprint density at radius 2 is 1.73 bits per heavy atom. The lowest BCUT2D eigenvalue weighted by molar-refractivity contribution is 0.183. The van der Waals surface area contributed by atoms with Crippen LogP contribution in [0.25, 0.3) is 0 Å². The van der Waals surface area contributed by atoms with Crippen LogP contribution in [0.3, 0.4) is 0 Å². The van der Waals surface area contributed by atoms with E-state index in [2.05, 4.69) is 4.90 Å². The first-order valence-electron chi connectivity index (χ1n) is 7.63. The monoisotopic (exact) mass is 330 g/mol. The topological polar surface area (TPSA) is 60.9 Å². The number of halogens is 1. The van der Waals surface area contributed by atoms with Crippen LogP contribution in [0.2, 0.25) is 0 Å². The van der Waals surface area contributed by atoms with Gasteiger partial charge in [0.1, 0.15) is 10.7 Å². The third-order valence-electron chi connectivity index (χ3n) is 3.92. The van der Waals surface area contributed by atoms with E-state index in [1.54, 1.807) is 0 Å². The van der Waals surface area contributed by atoms with Gasteiger partial charge in [0.05, 0.1) is 0 Å². The largest absolute Gasteiger partial charge is 0.396 e. The molecule has 1 aromatic rings. The van der Waals surface area contributed by atoms with Crippen molar-refractivity contribution < 1.29 is 17.9 Å². The van der Waals surface area contributed by atoms with Gasteiger partial charge in [-0.2, -0.15) is 4.31 Å². The van der Waals surface area contributed by atoms with Gasteiger partial charge in [0.2, 0.25) is 10.0 Å². The highest BCUT2D eigenvalue weighted by molar-refractivity contribution is 7.89. The van der Waals surface area contributed by atoms with Gasteiger partial charge in [0.25, 0.3) is 0 Å². The molecule has 1 heterocycles. The predicted octanol–water partition coefficient (Wildman–Crippen LogP) is 1.29. The summed E-state index contributed by atoms with van der Waals surface area (Å²) in [7, 11) is -3.75. The number of piperazine rings is 1. The Morgan fingerprint density at radius 3 is 2.36 bits per heavy atom. The zero-order valence-electron chi connectivity index (χ0n) is 12.6. The van der Waals surface area contributed by atoms with Crippen LogP contribution in [-0.4, -0.2) is 62.1 Å². The van der Waals surface area contributed by atoms with E-state index >= 15 is 0 Å². The summed E-state index contributed by atoms with van der Waals surface area (Å²) in [6.07, 6.45) is 2.78. The summed E-state index contributed by atoms with van der Waals surface area (Å²) in [5.41, 5.74) is 0. The van der Waals surface area contributed by atoms with Crippen molar-refractivity contribution in [2.75, 3.05) is 39.3 Å². The van der Waals surface area contributed by atoms with E-state index in [4.69, 9.17) is 5.11 Å². The molecule has 0 saturated carbocycles. The molecule has 7 heteroatoms. The van der Waals surface area contributed by atoms with Crippen LogP contribution in [-0.2, 0) is 10.0 Å². The molecule has 1 aromatic carbocycles. The van der Waals surface area contributed by atoms with Gasteiger partial charge >= 0.3 is 0 Å². The highest BCUT2D eigenvalue weighted by Gasteiger charge is 2.30. The maximum atomic E-state index is 13.7. The van der Waals surface area contributed by atoms with E-state index in [0.717, 1.165) is 25.8 Å². The van der Waals surface area contributed by atoms with Crippen molar-refractivity contribution in [3.8, 4) is 0 Å². The standard InChI is InChI=1S/C15H23FN2O3S/c16-14-6-2-3-7-15(14)22(20,21)18-11-9-17(10-12-18)8-4-1-5-13-19/h2-3,6-7,19H,1,4-5,8-13H2. The summed E-state index contributed by atoms with van der Waals surface area (Å²) >= 11 is 0. The second-order valence-corrected chi connectivity index (χ2v) is 7.37. The molecule has 0 spiro atoms. The fraction of sp³-hybridized carbons (Fsp3) is 0.600. The lowest BCUT2D eigenvalue weighted by Gasteiger charge is -2.34. The molecule has 0 aromatic heterocycles. The smallest absolute Gasteiger partial charge is 0.246 e. The number of rotatable bonds is 7. The van der Waals surface area contributed by atoms with Gasteiger partial charge in [-0.15, -0.1) is 0 Å². The fourth-order valence-corrected chi connectivity index (χ4v) is 4.10. The van der Waals surface area contributed by atoms with Crippen molar-refractivity contribution in [1.29, 1.82) is 0 Å². The zero-order valence-corrected chi connectivity index (χ0v) is 13.4. The minimum atomic E-state index is -3.75. The van der Waals surface area contributed by atoms with Crippen molar-refractivity contribution in [2.24, 2.45) is 0 Å². The highest BCUT2D eigenvalue weighted by atomic mass is 32.2. The summed E-state index contributed by atoms with van der Waals surface area (Å²) in [5.74, 6) is -0.700. The first-order chi connectivity index (χ1) is 10.6. The number of aliphatic hydroxyl groups excluding tert-OH is 1. The molecular weight excluding hydrogens is 307 g/mol.